The molecule has 0 unspecified atom stereocenters. The number of nitrogens with one attached hydrogen (secondary N) is 2. The van der Waals surface area contributed by atoms with Crippen LogP contribution in [-0.2, 0) is 11.2 Å². The summed E-state index contributed by atoms with van der Waals surface area (Å²) in [5.74, 6) is -0.881. The van der Waals surface area contributed by atoms with E-state index < -0.39 is 17.4 Å². The molecule has 0 bridgehead atoms. The van der Waals surface area contributed by atoms with E-state index in [0.717, 1.165) is 12.8 Å². The lowest BCUT2D eigenvalue weighted by atomic mass is 9.77. The number of aryl methyl sites for hydroxylation is 1. The molecule has 18 heavy (non-hydrogen) atoms. The first-order chi connectivity index (χ1) is 8.57. The summed E-state index contributed by atoms with van der Waals surface area (Å²) in [6.45, 7) is 2.00. The van der Waals surface area contributed by atoms with Gasteiger partial charge in [-0.1, -0.05) is 6.92 Å². The molecule has 1 fully saturated rings. The standard InChI is InChI=1S/C11H16N4O3/c1-2-4-7-12-8(15-14-7)9(16)13-11(10(17)18)5-3-6-11/h2-6H2,1H3,(H,13,16)(H,17,18)(H,12,14,15). The second-order valence-electron chi connectivity index (χ2n) is 4.55. The average Bonchev–Trinajstić information content (AvgIpc) is 2.71. The van der Waals surface area contributed by atoms with Gasteiger partial charge in [0.1, 0.15) is 11.4 Å². The van der Waals surface area contributed by atoms with Crippen LogP contribution in [0.25, 0.3) is 0 Å². The Morgan fingerprint density at radius 1 is 1.50 bits per heavy atom. The highest BCUT2D eigenvalue weighted by atomic mass is 16.4. The molecule has 0 aliphatic heterocycles. The molecule has 7 heteroatoms. The molecule has 98 valence electrons. The van der Waals surface area contributed by atoms with Crippen LogP contribution in [0.1, 0.15) is 49.1 Å². The van der Waals surface area contributed by atoms with Crippen LogP contribution in [0.4, 0.5) is 0 Å². The van der Waals surface area contributed by atoms with E-state index in [9.17, 15) is 9.59 Å². The fourth-order valence-electron chi connectivity index (χ4n) is 1.94. The summed E-state index contributed by atoms with van der Waals surface area (Å²) in [6, 6.07) is 0. The highest BCUT2D eigenvalue weighted by Gasteiger charge is 2.46. The first-order valence-electron chi connectivity index (χ1n) is 6.04. The number of carboxylic acids is 1. The van der Waals surface area contributed by atoms with Crippen molar-refractivity contribution in [2.75, 3.05) is 0 Å². The maximum Gasteiger partial charge on any atom is 0.329 e. The zero-order valence-electron chi connectivity index (χ0n) is 10.2. The number of hydrogen-bond donors (Lipinski definition) is 3. The third-order valence-electron chi connectivity index (χ3n) is 3.19. The summed E-state index contributed by atoms with van der Waals surface area (Å²) in [4.78, 5) is 27.0. The molecule has 1 aliphatic rings. The summed E-state index contributed by atoms with van der Waals surface area (Å²) < 4.78 is 0. The van der Waals surface area contributed by atoms with Gasteiger partial charge < -0.3 is 10.4 Å². The van der Waals surface area contributed by atoms with Crippen LogP contribution in [0.3, 0.4) is 0 Å². The van der Waals surface area contributed by atoms with E-state index in [1.165, 1.54) is 0 Å². The molecule has 3 N–H and O–H groups in total. The van der Waals surface area contributed by atoms with Crippen molar-refractivity contribution < 1.29 is 14.7 Å². The van der Waals surface area contributed by atoms with Crippen molar-refractivity contribution >= 4 is 11.9 Å². The lowest BCUT2D eigenvalue weighted by molar-refractivity contribution is -0.148. The van der Waals surface area contributed by atoms with E-state index in [0.29, 0.717) is 25.1 Å². The number of nitrogens with zero attached hydrogens (tertiary/aromatic N) is 2. The second-order valence-corrected chi connectivity index (χ2v) is 4.55. The third-order valence-corrected chi connectivity index (χ3v) is 3.19. The van der Waals surface area contributed by atoms with E-state index in [-0.39, 0.29) is 5.82 Å². The summed E-state index contributed by atoms with van der Waals surface area (Å²) in [5, 5.41) is 18.1. The van der Waals surface area contributed by atoms with Gasteiger partial charge in [-0.05, 0) is 25.7 Å². The molecule has 1 aromatic rings. The van der Waals surface area contributed by atoms with Gasteiger partial charge in [0, 0.05) is 6.42 Å². The van der Waals surface area contributed by atoms with Crippen molar-refractivity contribution in [3.05, 3.63) is 11.6 Å². The van der Waals surface area contributed by atoms with Gasteiger partial charge >= 0.3 is 5.97 Å². The first kappa shape index (κ1) is 12.5. The van der Waals surface area contributed by atoms with Gasteiger partial charge in [0.15, 0.2) is 0 Å². The Morgan fingerprint density at radius 2 is 2.22 bits per heavy atom. The van der Waals surface area contributed by atoms with Gasteiger partial charge in [0.05, 0.1) is 0 Å². The predicted octanol–water partition coefficient (Wildman–Crippen LogP) is 0.494. The molecule has 0 atom stereocenters. The van der Waals surface area contributed by atoms with E-state index in [4.69, 9.17) is 5.11 Å². The van der Waals surface area contributed by atoms with Gasteiger partial charge in [0.2, 0.25) is 5.82 Å². The molecule has 2 rings (SSSR count). The Hall–Kier alpha value is -1.92. The monoisotopic (exact) mass is 252 g/mol. The van der Waals surface area contributed by atoms with Gasteiger partial charge in [-0.25, -0.2) is 9.78 Å². The SMILES string of the molecule is CCCc1nc(C(=O)NC2(C(=O)O)CCC2)n[nH]1. The van der Waals surface area contributed by atoms with Crippen LogP contribution < -0.4 is 5.32 Å². The number of rotatable bonds is 5. The largest absolute Gasteiger partial charge is 0.480 e. The minimum absolute atomic E-state index is 0.00553. The van der Waals surface area contributed by atoms with Gasteiger partial charge in [-0.3, -0.25) is 9.89 Å². The van der Waals surface area contributed by atoms with Crippen molar-refractivity contribution in [3.8, 4) is 0 Å². The van der Waals surface area contributed by atoms with Crippen LogP contribution in [0.15, 0.2) is 0 Å². The fourth-order valence-corrected chi connectivity index (χ4v) is 1.94. The number of aliphatic carboxylic acids is 1. The predicted molar refractivity (Wildman–Crippen MR) is 62.1 cm³/mol. The number of amides is 1. The fraction of sp³-hybridized carbons (Fsp3) is 0.636. The topological polar surface area (TPSA) is 108 Å². The zero-order chi connectivity index (χ0) is 13.2. The number of carbonyl (C=O) groups excluding carboxylic acids is 1. The maximum absolute atomic E-state index is 11.9. The number of H-pyrrole nitrogens is 1. The smallest absolute Gasteiger partial charge is 0.329 e. The molecular formula is C11H16N4O3. The first-order valence-corrected chi connectivity index (χ1v) is 6.04. The van der Waals surface area contributed by atoms with E-state index in [1.54, 1.807) is 0 Å². The summed E-state index contributed by atoms with van der Waals surface area (Å²) in [7, 11) is 0. The highest BCUT2D eigenvalue weighted by molar-refractivity contribution is 5.95. The molecule has 0 aromatic carbocycles. The third kappa shape index (κ3) is 2.20. The van der Waals surface area contributed by atoms with Crippen LogP contribution in [0, 0.1) is 0 Å². The number of aromatic amines is 1. The molecule has 1 aromatic heterocycles. The van der Waals surface area contributed by atoms with Crippen molar-refractivity contribution in [1.29, 1.82) is 0 Å². The molecule has 7 nitrogen and oxygen atoms in total. The van der Waals surface area contributed by atoms with E-state index in [2.05, 4.69) is 20.5 Å². The summed E-state index contributed by atoms with van der Waals surface area (Å²) >= 11 is 0. The summed E-state index contributed by atoms with van der Waals surface area (Å²) in [6.07, 6.45) is 3.34. The Morgan fingerprint density at radius 3 is 2.72 bits per heavy atom. The van der Waals surface area contributed by atoms with Crippen LogP contribution in [0.5, 0.6) is 0 Å². The molecule has 0 radical (unpaired) electrons. The van der Waals surface area contributed by atoms with Crippen molar-refractivity contribution in [1.82, 2.24) is 20.5 Å². The molecule has 0 saturated heterocycles. The Kier molecular flexibility index (Phi) is 3.31. The number of hydrogen-bond acceptors (Lipinski definition) is 4. The lowest BCUT2D eigenvalue weighted by Gasteiger charge is -2.37. The molecule has 1 aliphatic carbocycles. The molecule has 1 amide bonds. The summed E-state index contributed by atoms with van der Waals surface area (Å²) in [5.41, 5.74) is -1.12. The van der Waals surface area contributed by atoms with Crippen LogP contribution in [0.2, 0.25) is 0 Å². The zero-order valence-corrected chi connectivity index (χ0v) is 10.2. The lowest BCUT2D eigenvalue weighted by Crippen LogP contribution is -2.59. The van der Waals surface area contributed by atoms with Gasteiger partial charge in [0.25, 0.3) is 5.91 Å². The molecule has 0 spiro atoms. The van der Waals surface area contributed by atoms with Crippen LogP contribution >= 0.6 is 0 Å². The Labute approximate surface area is 104 Å². The normalized spacial score (nSPS) is 16.9. The Bertz CT molecular complexity index is 465. The van der Waals surface area contributed by atoms with Crippen molar-refractivity contribution in [2.24, 2.45) is 0 Å². The number of carboxylic acid groups (broad SMARTS) is 1. The molecular weight excluding hydrogens is 236 g/mol. The minimum Gasteiger partial charge on any atom is -0.480 e. The van der Waals surface area contributed by atoms with E-state index >= 15 is 0 Å². The highest BCUT2D eigenvalue weighted by Crippen LogP contribution is 2.32. The quantitative estimate of drug-likeness (QED) is 0.707. The van der Waals surface area contributed by atoms with Gasteiger partial charge in [-0.15, -0.1) is 5.10 Å². The second kappa shape index (κ2) is 4.75. The molecule has 1 heterocycles. The van der Waals surface area contributed by atoms with Crippen molar-refractivity contribution in [2.45, 2.75) is 44.6 Å². The van der Waals surface area contributed by atoms with Crippen molar-refractivity contribution in [3.63, 3.8) is 0 Å². The minimum atomic E-state index is -1.12. The average molecular weight is 252 g/mol. The van der Waals surface area contributed by atoms with E-state index in [1.807, 2.05) is 6.92 Å². The molecule has 1 saturated carbocycles. The number of carbonyl (C=O) groups is 2. The van der Waals surface area contributed by atoms with Crippen LogP contribution in [-0.4, -0.2) is 37.7 Å². The Balaban J connectivity index is 2.04. The number of aromatic nitrogens is 3. The maximum atomic E-state index is 11.9. The van der Waals surface area contributed by atoms with Gasteiger partial charge in [-0.2, -0.15) is 0 Å².